The van der Waals surface area contributed by atoms with Crippen molar-refractivity contribution in [1.29, 1.82) is 0 Å². The number of rotatable bonds is 5. The van der Waals surface area contributed by atoms with Crippen LogP contribution in [0.25, 0.3) is 0 Å². The third-order valence-corrected chi connectivity index (χ3v) is 3.20. The molecule has 5 nitrogen and oxygen atoms in total. The normalized spacial score (nSPS) is 10.9. The van der Waals surface area contributed by atoms with Gasteiger partial charge in [0.2, 0.25) is 0 Å². The summed E-state index contributed by atoms with van der Waals surface area (Å²) in [5, 5.41) is 2.72. The fourth-order valence-corrected chi connectivity index (χ4v) is 2.06. The topological polar surface area (TPSA) is 64.6 Å². The Kier molecular flexibility index (Phi) is 6.08. The van der Waals surface area contributed by atoms with Crippen molar-refractivity contribution < 1.29 is 19.1 Å². The van der Waals surface area contributed by atoms with Gasteiger partial charge in [0.25, 0.3) is 5.91 Å². The monoisotopic (exact) mass is 311 g/mol. The molecule has 0 unspecified atom stereocenters. The van der Waals surface area contributed by atoms with E-state index in [-0.39, 0.29) is 18.1 Å². The van der Waals surface area contributed by atoms with Gasteiger partial charge in [-0.25, -0.2) is 4.79 Å². The van der Waals surface area contributed by atoms with Crippen molar-refractivity contribution >= 4 is 23.6 Å². The number of hydrogen-bond donors (Lipinski definition) is 1. The Morgan fingerprint density at radius 1 is 1.29 bits per heavy atom. The molecule has 0 aromatic heterocycles. The summed E-state index contributed by atoms with van der Waals surface area (Å²) < 4.78 is 10.2. The Morgan fingerprint density at radius 3 is 2.48 bits per heavy atom. The first kappa shape index (κ1) is 17.4. The van der Waals surface area contributed by atoms with E-state index in [1.165, 1.54) is 7.11 Å². The van der Waals surface area contributed by atoms with E-state index in [1.807, 2.05) is 27.0 Å². The van der Waals surface area contributed by atoms with E-state index >= 15 is 0 Å². The molecule has 0 saturated carbocycles. The number of ether oxygens (including phenoxy) is 2. The molecule has 116 valence electrons. The summed E-state index contributed by atoms with van der Waals surface area (Å²) in [6.07, 6.45) is 1.93. The predicted octanol–water partition coefficient (Wildman–Crippen LogP) is 2.49. The van der Waals surface area contributed by atoms with Gasteiger partial charge in [0.05, 0.1) is 7.11 Å². The van der Waals surface area contributed by atoms with Crippen LogP contribution < -0.4 is 10.1 Å². The Hall–Kier alpha value is -1.69. The van der Waals surface area contributed by atoms with Gasteiger partial charge in [0.1, 0.15) is 11.3 Å². The van der Waals surface area contributed by atoms with Crippen LogP contribution in [0.5, 0.6) is 5.75 Å². The number of benzene rings is 1. The van der Waals surface area contributed by atoms with Crippen LogP contribution in [-0.4, -0.2) is 37.4 Å². The molecule has 0 saturated heterocycles. The van der Waals surface area contributed by atoms with Crippen LogP contribution in [0.2, 0.25) is 0 Å². The molecule has 0 aliphatic rings. The quantitative estimate of drug-likeness (QED) is 0.668. The van der Waals surface area contributed by atoms with Gasteiger partial charge in [-0.1, -0.05) is 0 Å². The van der Waals surface area contributed by atoms with E-state index in [2.05, 4.69) is 5.32 Å². The first-order chi connectivity index (χ1) is 9.76. The van der Waals surface area contributed by atoms with Gasteiger partial charge in [0.15, 0.2) is 6.61 Å². The second-order valence-corrected chi connectivity index (χ2v) is 6.32. The third-order valence-electron chi connectivity index (χ3n) is 2.48. The standard InChI is InChI=1S/C15H21NO4S/c1-15(2,3)16-13(17)9-20-14(18)11-7-6-10(21-5)8-12(11)19-4/h6-8H,9H2,1-5H3,(H,16,17). The Morgan fingerprint density at radius 2 is 1.95 bits per heavy atom. The van der Waals surface area contributed by atoms with Crippen molar-refractivity contribution in [2.45, 2.75) is 31.2 Å². The van der Waals surface area contributed by atoms with E-state index in [0.29, 0.717) is 11.3 Å². The van der Waals surface area contributed by atoms with Crippen molar-refractivity contribution in [3.05, 3.63) is 23.8 Å². The number of esters is 1. The number of methoxy groups -OCH3 is 1. The van der Waals surface area contributed by atoms with Gasteiger partial charge in [-0.3, -0.25) is 4.79 Å². The smallest absolute Gasteiger partial charge is 0.342 e. The average Bonchev–Trinajstić information content (AvgIpc) is 2.42. The van der Waals surface area contributed by atoms with Crippen LogP contribution >= 0.6 is 11.8 Å². The molecule has 0 bridgehead atoms. The maximum atomic E-state index is 12.0. The minimum Gasteiger partial charge on any atom is -0.496 e. The lowest BCUT2D eigenvalue weighted by molar-refractivity contribution is -0.125. The van der Waals surface area contributed by atoms with Crippen LogP contribution in [0, 0.1) is 0 Å². The molecule has 1 amide bonds. The molecule has 0 aliphatic carbocycles. The minimum absolute atomic E-state index is 0.304. The van der Waals surface area contributed by atoms with Crippen LogP contribution in [0.15, 0.2) is 23.1 Å². The predicted molar refractivity (Wildman–Crippen MR) is 83.0 cm³/mol. The van der Waals surface area contributed by atoms with Crippen LogP contribution in [0.4, 0.5) is 0 Å². The lowest BCUT2D eigenvalue weighted by Gasteiger charge is -2.20. The SMILES string of the molecule is COc1cc(SC)ccc1C(=O)OCC(=O)NC(C)(C)C. The van der Waals surface area contributed by atoms with E-state index in [0.717, 1.165) is 4.90 Å². The molecular weight excluding hydrogens is 290 g/mol. The highest BCUT2D eigenvalue weighted by atomic mass is 32.2. The number of thioether (sulfide) groups is 1. The van der Waals surface area contributed by atoms with Crippen molar-refractivity contribution in [1.82, 2.24) is 5.32 Å². The molecule has 0 atom stereocenters. The molecule has 6 heteroatoms. The average molecular weight is 311 g/mol. The molecule has 1 aromatic carbocycles. The molecule has 0 radical (unpaired) electrons. The summed E-state index contributed by atoms with van der Waals surface area (Å²) in [5.41, 5.74) is -0.0554. The number of carbonyl (C=O) groups is 2. The zero-order valence-corrected chi connectivity index (χ0v) is 13.8. The van der Waals surface area contributed by atoms with Crippen LogP contribution in [0.3, 0.4) is 0 Å². The first-order valence-electron chi connectivity index (χ1n) is 6.47. The molecule has 21 heavy (non-hydrogen) atoms. The molecular formula is C15H21NO4S. The summed E-state index contributed by atoms with van der Waals surface area (Å²) in [6, 6.07) is 5.20. The van der Waals surface area contributed by atoms with Crippen LogP contribution in [-0.2, 0) is 9.53 Å². The van der Waals surface area contributed by atoms with Gasteiger partial charge in [-0.15, -0.1) is 11.8 Å². The van der Waals surface area contributed by atoms with Crippen molar-refractivity contribution in [2.75, 3.05) is 20.0 Å². The van der Waals surface area contributed by atoms with Gasteiger partial charge in [0, 0.05) is 10.4 Å². The Labute approximate surface area is 129 Å². The van der Waals surface area contributed by atoms with Gasteiger partial charge < -0.3 is 14.8 Å². The highest BCUT2D eigenvalue weighted by Gasteiger charge is 2.18. The lowest BCUT2D eigenvalue weighted by Crippen LogP contribution is -2.42. The second-order valence-electron chi connectivity index (χ2n) is 5.44. The van der Waals surface area contributed by atoms with E-state index in [4.69, 9.17) is 9.47 Å². The number of hydrogen-bond acceptors (Lipinski definition) is 5. The summed E-state index contributed by atoms with van der Waals surface area (Å²) >= 11 is 1.55. The molecule has 0 spiro atoms. The fraction of sp³-hybridized carbons (Fsp3) is 0.467. The summed E-state index contributed by atoms with van der Waals surface area (Å²) in [7, 11) is 1.49. The highest BCUT2D eigenvalue weighted by Crippen LogP contribution is 2.25. The summed E-state index contributed by atoms with van der Waals surface area (Å²) in [4.78, 5) is 24.6. The van der Waals surface area contributed by atoms with Crippen molar-refractivity contribution in [2.24, 2.45) is 0 Å². The molecule has 1 N–H and O–H groups in total. The molecule has 0 aliphatic heterocycles. The fourth-order valence-electron chi connectivity index (χ4n) is 1.63. The molecule has 1 rings (SSSR count). The third kappa shape index (κ3) is 5.67. The maximum Gasteiger partial charge on any atom is 0.342 e. The molecule has 1 aromatic rings. The number of nitrogens with one attached hydrogen (secondary N) is 1. The number of amides is 1. The van der Waals surface area contributed by atoms with Crippen LogP contribution in [0.1, 0.15) is 31.1 Å². The Bertz CT molecular complexity index is 523. The van der Waals surface area contributed by atoms with Crippen molar-refractivity contribution in [3.8, 4) is 5.75 Å². The van der Waals surface area contributed by atoms with Gasteiger partial charge in [-0.05, 0) is 45.2 Å². The van der Waals surface area contributed by atoms with Gasteiger partial charge in [-0.2, -0.15) is 0 Å². The summed E-state index contributed by atoms with van der Waals surface area (Å²) in [5.74, 6) is -0.484. The first-order valence-corrected chi connectivity index (χ1v) is 7.69. The Balaban J connectivity index is 2.70. The van der Waals surface area contributed by atoms with E-state index < -0.39 is 5.97 Å². The lowest BCUT2D eigenvalue weighted by atomic mass is 10.1. The zero-order valence-electron chi connectivity index (χ0n) is 13.0. The van der Waals surface area contributed by atoms with Crippen molar-refractivity contribution in [3.63, 3.8) is 0 Å². The molecule has 0 fully saturated rings. The second kappa shape index (κ2) is 7.36. The number of carbonyl (C=O) groups excluding carboxylic acids is 2. The highest BCUT2D eigenvalue weighted by molar-refractivity contribution is 7.98. The minimum atomic E-state index is -0.580. The largest absolute Gasteiger partial charge is 0.496 e. The summed E-state index contributed by atoms with van der Waals surface area (Å²) in [6.45, 7) is 5.26. The zero-order chi connectivity index (χ0) is 16.0. The van der Waals surface area contributed by atoms with E-state index in [1.54, 1.807) is 30.0 Å². The molecule has 0 heterocycles. The van der Waals surface area contributed by atoms with Gasteiger partial charge >= 0.3 is 5.97 Å². The van der Waals surface area contributed by atoms with E-state index in [9.17, 15) is 9.59 Å². The maximum absolute atomic E-state index is 12.0.